The second kappa shape index (κ2) is 9.80. The number of nitrogens with one attached hydrogen (secondary N) is 2. The van der Waals surface area contributed by atoms with E-state index in [9.17, 15) is 4.39 Å². The monoisotopic (exact) mass is 379 g/mol. The van der Waals surface area contributed by atoms with Crippen LogP contribution in [0.15, 0.2) is 60.7 Å². The van der Waals surface area contributed by atoms with Crippen molar-refractivity contribution >= 4 is 11.8 Å². The van der Waals surface area contributed by atoms with E-state index in [1.807, 2.05) is 42.5 Å². The van der Waals surface area contributed by atoms with Crippen LogP contribution in [-0.2, 0) is 6.54 Å². The summed E-state index contributed by atoms with van der Waals surface area (Å²) < 4.78 is 13.4. The maximum absolute atomic E-state index is 13.4. The van der Waals surface area contributed by atoms with Crippen molar-refractivity contribution in [3.05, 3.63) is 72.0 Å². The Balaban J connectivity index is 1.76. The molecule has 3 rings (SSSR count). The van der Waals surface area contributed by atoms with Crippen molar-refractivity contribution in [3.8, 4) is 11.3 Å². The Morgan fingerprint density at radius 2 is 1.75 bits per heavy atom. The molecule has 146 valence electrons. The van der Waals surface area contributed by atoms with Crippen LogP contribution in [-0.4, -0.2) is 42.1 Å². The Bertz CT molecular complexity index is 883. The third kappa shape index (κ3) is 6.03. The largest absolute Gasteiger partial charge is 0.366 e. The van der Waals surface area contributed by atoms with E-state index in [0.717, 1.165) is 36.3 Å². The smallest absolute Gasteiger partial charge is 0.225 e. The summed E-state index contributed by atoms with van der Waals surface area (Å²) in [7, 11) is 4.11. The molecule has 5 nitrogen and oxygen atoms in total. The SMILES string of the molecule is CN(C)CCCNc1nc(NCc2cccc(F)c2)cc(-c2ccccc2)n1. The van der Waals surface area contributed by atoms with Gasteiger partial charge < -0.3 is 15.5 Å². The molecule has 0 atom stereocenters. The number of rotatable bonds is 9. The molecule has 0 aliphatic carbocycles. The van der Waals surface area contributed by atoms with Gasteiger partial charge in [0.25, 0.3) is 0 Å². The molecule has 0 unspecified atom stereocenters. The Labute approximate surface area is 165 Å². The summed E-state index contributed by atoms with van der Waals surface area (Å²) >= 11 is 0. The molecule has 0 bridgehead atoms. The van der Waals surface area contributed by atoms with Gasteiger partial charge in [-0.2, -0.15) is 4.98 Å². The van der Waals surface area contributed by atoms with Crippen LogP contribution in [0.2, 0.25) is 0 Å². The molecule has 0 saturated heterocycles. The standard InChI is InChI=1S/C22H26FN5/c1-28(2)13-7-12-24-22-26-20(18-9-4-3-5-10-18)15-21(27-22)25-16-17-8-6-11-19(23)14-17/h3-6,8-11,14-15H,7,12-13,16H2,1-2H3,(H2,24,25,26,27). The summed E-state index contributed by atoms with van der Waals surface area (Å²) in [6.45, 7) is 2.28. The fourth-order valence-electron chi connectivity index (χ4n) is 2.81. The second-order valence-corrected chi connectivity index (χ2v) is 6.90. The highest BCUT2D eigenvalue weighted by Gasteiger charge is 2.07. The predicted molar refractivity (Wildman–Crippen MR) is 113 cm³/mol. The summed E-state index contributed by atoms with van der Waals surface area (Å²) in [5, 5.41) is 6.59. The number of hydrogen-bond acceptors (Lipinski definition) is 5. The van der Waals surface area contributed by atoms with Crippen LogP contribution < -0.4 is 10.6 Å². The first-order valence-electron chi connectivity index (χ1n) is 9.41. The number of nitrogens with zero attached hydrogens (tertiary/aromatic N) is 3. The zero-order valence-corrected chi connectivity index (χ0v) is 16.3. The van der Waals surface area contributed by atoms with Crippen LogP contribution in [0.3, 0.4) is 0 Å². The van der Waals surface area contributed by atoms with Crippen LogP contribution in [0.5, 0.6) is 0 Å². The normalized spacial score (nSPS) is 10.9. The summed E-state index contributed by atoms with van der Waals surface area (Å²) in [5.41, 5.74) is 2.72. The maximum atomic E-state index is 13.4. The molecule has 0 amide bonds. The van der Waals surface area contributed by atoms with Crippen molar-refractivity contribution in [1.82, 2.24) is 14.9 Å². The molecule has 2 N–H and O–H groups in total. The minimum Gasteiger partial charge on any atom is -0.366 e. The van der Waals surface area contributed by atoms with E-state index in [0.29, 0.717) is 18.3 Å². The molecule has 0 fully saturated rings. The summed E-state index contributed by atoms with van der Waals surface area (Å²) in [6.07, 6.45) is 0.998. The summed E-state index contributed by atoms with van der Waals surface area (Å²) in [6, 6.07) is 18.5. The highest BCUT2D eigenvalue weighted by molar-refractivity contribution is 5.64. The number of hydrogen-bond donors (Lipinski definition) is 2. The molecule has 0 radical (unpaired) electrons. The van der Waals surface area contributed by atoms with Crippen molar-refractivity contribution in [3.63, 3.8) is 0 Å². The topological polar surface area (TPSA) is 53.1 Å². The van der Waals surface area contributed by atoms with Gasteiger partial charge in [-0.15, -0.1) is 0 Å². The van der Waals surface area contributed by atoms with E-state index in [4.69, 9.17) is 0 Å². The van der Waals surface area contributed by atoms with Crippen molar-refractivity contribution in [2.45, 2.75) is 13.0 Å². The van der Waals surface area contributed by atoms with E-state index in [2.05, 4.69) is 39.6 Å². The van der Waals surface area contributed by atoms with Gasteiger partial charge in [-0.25, -0.2) is 9.37 Å². The van der Waals surface area contributed by atoms with Gasteiger partial charge >= 0.3 is 0 Å². The average Bonchev–Trinajstić information content (AvgIpc) is 2.70. The highest BCUT2D eigenvalue weighted by Crippen LogP contribution is 2.21. The predicted octanol–water partition coefficient (Wildman–Crippen LogP) is 4.26. The van der Waals surface area contributed by atoms with E-state index in [1.54, 1.807) is 6.07 Å². The first-order valence-corrected chi connectivity index (χ1v) is 9.41. The lowest BCUT2D eigenvalue weighted by atomic mass is 10.1. The number of halogens is 1. The van der Waals surface area contributed by atoms with Gasteiger partial charge in [-0.1, -0.05) is 42.5 Å². The fourth-order valence-corrected chi connectivity index (χ4v) is 2.81. The maximum Gasteiger partial charge on any atom is 0.225 e. The van der Waals surface area contributed by atoms with Gasteiger partial charge in [-0.05, 0) is 44.8 Å². The molecule has 0 aliphatic heterocycles. The van der Waals surface area contributed by atoms with Crippen LogP contribution in [0, 0.1) is 5.82 Å². The Morgan fingerprint density at radius 3 is 2.50 bits per heavy atom. The van der Waals surface area contributed by atoms with Crippen molar-refractivity contribution in [1.29, 1.82) is 0 Å². The van der Waals surface area contributed by atoms with E-state index in [1.165, 1.54) is 12.1 Å². The molecular formula is C22H26FN5. The average molecular weight is 379 g/mol. The first kappa shape index (κ1) is 19.8. The Hall–Kier alpha value is -2.99. The lowest BCUT2D eigenvalue weighted by molar-refractivity contribution is 0.405. The zero-order valence-electron chi connectivity index (χ0n) is 16.3. The van der Waals surface area contributed by atoms with Crippen LogP contribution in [0.4, 0.5) is 16.2 Å². The van der Waals surface area contributed by atoms with E-state index >= 15 is 0 Å². The summed E-state index contributed by atoms with van der Waals surface area (Å²) in [4.78, 5) is 11.4. The van der Waals surface area contributed by atoms with Gasteiger partial charge in [0, 0.05) is 24.7 Å². The van der Waals surface area contributed by atoms with Crippen molar-refractivity contribution in [2.75, 3.05) is 37.8 Å². The molecule has 0 aliphatic rings. The van der Waals surface area contributed by atoms with Gasteiger partial charge in [0.1, 0.15) is 11.6 Å². The lowest BCUT2D eigenvalue weighted by Gasteiger charge is -2.13. The molecule has 6 heteroatoms. The van der Waals surface area contributed by atoms with Gasteiger partial charge in [-0.3, -0.25) is 0 Å². The molecule has 0 saturated carbocycles. The van der Waals surface area contributed by atoms with E-state index in [-0.39, 0.29) is 5.82 Å². The Morgan fingerprint density at radius 1 is 0.929 bits per heavy atom. The molecule has 28 heavy (non-hydrogen) atoms. The fraction of sp³-hybridized carbons (Fsp3) is 0.273. The highest BCUT2D eigenvalue weighted by atomic mass is 19.1. The Kier molecular flexibility index (Phi) is 6.92. The number of anilines is 2. The zero-order chi connectivity index (χ0) is 19.8. The molecule has 1 aromatic heterocycles. The number of benzene rings is 2. The lowest BCUT2D eigenvalue weighted by Crippen LogP contribution is -2.17. The third-order valence-corrected chi connectivity index (χ3v) is 4.22. The molecular weight excluding hydrogens is 353 g/mol. The van der Waals surface area contributed by atoms with Gasteiger partial charge in [0.15, 0.2) is 0 Å². The van der Waals surface area contributed by atoms with Crippen LogP contribution in [0.1, 0.15) is 12.0 Å². The third-order valence-electron chi connectivity index (χ3n) is 4.22. The first-order chi connectivity index (χ1) is 13.6. The molecule has 1 heterocycles. The minimum absolute atomic E-state index is 0.241. The minimum atomic E-state index is -0.241. The second-order valence-electron chi connectivity index (χ2n) is 6.90. The summed E-state index contributed by atoms with van der Waals surface area (Å²) in [5.74, 6) is 1.05. The molecule has 0 spiro atoms. The van der Waals surface area contributed by atoms with Crippen LogP contribution >= 0.6 is 0 Å². The molecule has 2 aromatic carbocycles. The van der Waals surface area contributed by atoms with Gasteiger partial charge in [0.05, 0.1) is 5.69 Å². The van der Waals surface area contributed by atoms with Crippen molar-refractivity contribution < 1.29 is 4.39 Å². The van der Waals surface area contributed by atoms with E-state index < -0.39 is 0 Å². The number of aromatic nitrogens is 2. The molecule has 3 aromatic rings. The van der Waals surface area contributed by atoms with Crippen molar-refractivity contribution in [2.24, 2.45) is 0 Å². The quantitative estimate of drug-likeness (QED) is 0.544. The van der Waals surface area contributed by atoms with Gasteiger partial charge in [0.2, 0.25) is 5.95 Å². The van der Waals surface area contributed by atoms with Crippen LogP contribution in [0.25, 0.3) is 11.3 Å².